The summed E-state index contributed by atoms with van der Waals surface area (Å²) in [5, 5.41) is 4.83. The number of hydrogen-bond donors (Lipinski definition) is 1. The highest BCUT2D eigenvalue weighted by atomic mass is 32.1. The van der Waals surface area contributed by atoms with Crippen LogP contribution in [0.1, 0.15) is 31.2 Å². The Hall–Kier alpha value is -1.93. The first-order chi connectivity index (χ1) is 11.6. The van der Waals surface area contributed by atoms with Gasteiger partial charge in [-0.05, 0) is 33.2 Å². The lowest BCUT2D eigenvalue weighted by atomic mass is 10.1. The number of thiazole rings is 1. The van der Waals surface area contributed by atoms with E-state index in [9.17, 15) is 9.59 Å². The number of carbonyl (C=O) groups excluding carboxylic acids is 1. The Labute approximate surface area is 144 Å². The summed E-state index contributed by atoms with van der Waals surface area (Å²) in [6.45, 7) is 6.36. The number of ether oxygens (including phenoxy) is 1. The van der Waals surface area contributed by atoms with Crippen LogP contribution in [-0.2, 0) is 11.3 Å². The Morgan fingerprint density at radius 2 is 2.38 bits per heavy atom. The topological polar surface area (TPSA) is 75.9 Å². The lowest BCUT2D eigenvalue weighted by Gasteiger charge is -2.32. The zero-order valence-electron chi connectivity index (χ0n) is 13.9. The fourth-order valence-electron chi connectivity index (χ4n) is 3.07. The predicted octanol–water partition coefficient (Wildman–Crippen LogP) is 1.77. The Balaban J connectivity index is 1.67. The maximum absolute atomic E-state index is 12.2. The van der Waals surface area contributed by atoms with Crippen molar-refractivity contribution in [1.82, 2.24) is 19.6 Å². The number of alkyl carbamates (subject to hydrolysis) is 1. The minimum atomic E-state index is -0.365. The smallest absolute Gasteiger partial charge is 0.407 e. The third kappa shape index (κ3) is 3.76. The van der Waals surface area contributed by atoms with Crippen molar-refractivity contribution in [1.29, 1.82) is 0 Å². The van der Waals surface area contributed by atoms with E-state index in [1.165, 1.54) is 11.3 Å². The number of rotatable bonds is 4. The number of hydrogen-bond acceptors (Lipinski definition) is 6. The van der Waals surface area contributed by atoms with Crippen molar-refractivity contribution >= 4 is 22.4 Å². The molecule has 3 rings (SSSR count). The van der Waals surface area contributed by atoms with Gasteiger partial charge in [0.25, 0.3) is 5.56 Å². The Bertz CT molecular complexity index is 785. The zero-order chi connectivity index (χ0) is 17.1. The van der Waals surface area contributed by atoms with Gasteiger partial charge in [0.1, 0.15) is 0 Å². The van der Waals surface area contributed by atoms with Gasteiger partial charge in [0.15, 0.2) is 4.96 Å². The number of fused-ring (bicyclic) bond motifs is 1. The highest BCUT2D eigenvalue weighted by Gasteiger charge is 2.22. The molecule has 0 radical (unpaired) electrons. The van der Waals surface area contributed by atoms with E-state index in [1.807, 2.05) is 12.3 Å². The van der Waals surface area contributed by atoms with Gasteiger partial charge in [-0.15, -0.1) is 11.3 Å². The third-order valence-electron chi connectivity index (χ3n) is 4.12. The highest BCUT2D eigenvalue weighted by molar-refractivity contribution is 7.15. The lowest BCUT2D eigenvalue weighted by Crippen LogP contribution is -2.47. The molecule has 1 aliphatic heterocycles. The van der Waals surface area contributed by atoms with Gasteiger partial charge >= 0.3 is 6.09 Å². The first-order valence-corrected chi connectivity index (χ1v) is 9.07. The van der Waals surface area contributed by atoms with E-state index in [1.54, 1.807) is 17.4 Å². The summed E-state index contributed by atoms with van der Waals surface area (Å²) < 4.78 is 6.58. The quantitative estimate of drug-likeness (QED) is 0.910. The Kier molecular flexibility index (Phi) is 5.15. The van der Waals surface area contributed by atoms with Crippen LogP contribution >= 0.6 is 11.3 Å². The number of aryl methyl sites for hydroxylation is 1. The number of nitrogens with zero attached hydrogens (tertiary/aromatic N) is 3. The molecular weight excluding hydrogens is 328 g/mol. The predicted molar refractivity (Wildman–Crippen MR) is 92.5 cm³/mol. The number of likely N-dealkylation sites (tertiary alicyclic amines) is 1. The van der Waals surface area contributed by atoms with Crippen LogP contribution in [0.5, 0.6) is 0 Å². The minimum absolute atomic E-state index is 0.0352. The molecule has 0 saturated carbocycles. The summed E-state index contributed by atoms with van der Waals surface area (Å²) in [6.07, 6.45) is 1.57. The highest BCUT2D eigenvalue weighted by Crippen LogP contribution is 2.15. The Morgan fingerprint density at radius 3 is 3.17 bits per heavy atom. The summed E-state index contributed by atoms with van der Waals surface area (Å²) >= 11 is 1.48. The molecule has 2 aromatic heterocycles. The van der Waals surface area contributed by atoms with Crippen molar-refractivity contribution < 1.29 is 9.53 Å². The van der Waals surface area contributed by atoms with Crippen LogP contribution in [0.25, 0.3) is 4.96 Å². The third-order valence-corrected chi connectivity index (χ3v) is 5.06. The van der Waals surface area contributed by atoms with Gasteiger partial charge in [-0.3, -0.25) is 14.1 Å². The molecule has 0 bridgehead atoms. The largest absolute Gasteiger partial charge is 0.450 e. The summed E-state index contributed by atoms with van der Waals surface area (Å²) in [4.78, 5) is 31.4. The molecule has 130 valence electrons. The molecule has 3 heterocycles. The molecule has 1 atom stereocenters. The first kappa shape index (κ1) is 16.9. The number of piperidine rings is 1. The molecule has 1 fully saturated rings. The van der Waals surface area contributed by atoms with Gasteiger partial charge in [0.05, 0.1) is 12.3 Å². The maximum atomic E-state index is 12.2. The van der Waals surface area contributed by atoms with Crippen LogP contribution in [0.2, 0.25) is 0 Å². The normalized spacial score (nSPS) is 18.7. The average molecular weight is 350 g/mol. The summed E-state index contributed by atoms with van der Waals surface area (Å²) in [5.74, 6) is 0. The van der Waals surface area contributed by atoms with E-state index < -0.39 is 0 Å². The second-order valence-corrected chi connectivity index (χ2v) is 6.86. The molecule has 1 N–H and O–H groups in total. The van der Waals surface area contributed by atoms with Crippen LogP contribution in [0.3, 0.4) is 0 Å². The standard InChI is InChI=1S/C16H22N4O3S/c1-3-23-16(22)18-12-5-4-6-19(8-12)9-13-7-14(21)20-11(2)10-24-15(20)17-13/h7,10,12H,3-6,8-9H2,1-2H3,(H,18,22). The van der Waals surface area contributed by atoms with Gasteiger partial charge < -0.3 is 10.1 Å². The zero-order valence-corrected chi connectivity index (χ0v) is 14.8. The first-order valence-electron chi connectivity index (χ1n) is 8.19. The SMILES string of the molecule is CCOC(=O)NC1CCCN(Cc2cc(=O)n3c(C)csc3n2)C1. The second-order valence-electron chi connectivity index (χ2n) is 6.02. The number of aromatic nitrogens is 2. The van der Waals surface area contributed by atoms with Crippen LogP contribution in [0.15, 0.2) is 16.2 Å². The van der Waals surface area contributed by atoms with E-state index in [4.69, 9.17) is 4.74 Å². The van der Waals surface area contributed by atoms with Crippen LogP contribution in [-0.4, -0.2) is 46.1 Å². The molecule has 1 aliphatic rings. The van der Waals surface area contributed by atoms with Crippen molar-refractivity contribution in [2.75, 3.05) is 19.7 Å². The van der Waals surface area contributed by atoms with Crippen molar-refractivity contribution in [3.63, 3.8) is 0 Å². The van der Waals surface area contributed by atoms with Crippen molar-refractivity contribution in [2.45, 2.75) is 39.3 Å². The molecule has 1 unspecified atom stereocenters. The van der Waals surface area contributed by atoms with E-state index >= 15 is 0 Å². The average Bonchev–Trinajstić information content (AvgIpc) is 2.89. The number of amides is 1. The van der Waals surface area contributed by atoms with Gasteiger partial charge in [0.2, 0.25) is 0 Å². The molecule has 2 aromatic rings. The molecule has 1 saturated heterocycles. The molecular formula is C16H22N4O3S. The molecule has 1 amide bonds. The van der Waals surface area contributed by atoms with Gasteiger partial charge in [-0.2, -0.15) is 0 Å². The van der Waals surface area contributed by atoms with Gasteiger partial charge in [-0.25, -0.2) is 9.78 Å². The fraction of sp³-hybridized carbons (Fsp3) is 0.562. The molecule has 24 heavy (non-hydrogen) atoms. The van der Waals surface area contributed by atoms with E-state index in [0.717, 1.165) is 42.3 Å². The number of nitrogens with one attached hydrogen (secondary N) is 1. The maximum Gasteiger partial charge on any atom is 0.407 e. The number of carbonyl (C=O) groups is 1. The van der Waals surface area contributed by atoms with Crippen molar-refractivity contribution in [3.05, 3.63) is 33.2 Å². The molecule has 7 nitrogen and oxygen atoms in total. The minimum Gasteiger partial charge on any atom is -0.450 e. The van der Waals surface area contributed by atoms with E-state index in [2.05, 4.69) is 15.2 Å². The van der Waals surface area contributed by atoms with Crippen LogP contribution < -0.4 is 10.9 Å². The molecule has 0 aliphatic carbocycles. The second kappa shape index (κ2) is 7.31. The van der Waals surface area contributed by atoms with Crippen LogP contribution in [0, 0.1) is 6.92 Å². The molecule has 8 heteroatoms. The van der Waals surface area contributed by atoms with Crippen molar-refractivity contribution in [2.24, 2.45) is 0 Å². The van der Waals surface area contributed by atoms with Gasteiger partial charge in [-0.1, -0.05) is 0 Å². The van der Waals surface area contributed by atoms with E-state index in [-0.39, 0.29) is 17.7 Å². The van der Waals surface area contributed by atoms with E-state index in [0.29, 0.717) is 13.2 Å². The van der Waals surface area contributed by atoms with Gasteiger partial charge in [0, 0.05) is 36.3 Å². The molecule has 0 aromatic carbocycles. The molecule has 0 spiro atoms. The Morgan fingerprint density at radius 1 is 1.54 bits per heavy atom. The van der Waals surface area contributed by atoms with Crippen molar-refractivity contribution in [3.8, 4) is 0 Å². The summed E-state index contributed by atoms with van der Waals surface area (Å²) in [6, 6.07) is 1.68. The lowest BCUT2D eigenvalue weighted by molar-refractivity contribution is 0.132. The van der Waals surface area contributed by atoms with Crippen LogP contribution in [0.4, 0.5) is 4.79 Å². The summed E-state index contributed by atoms with van der Waals surface area (Å²) in [5.41, 5.74) is 1.65. The monoisotopic (exact) mass is 350 g/mol. The fourth-order valence-corrected chi connectivity index (χ4v) is 3.96. The summed E-state index contributed by atoms with van der Waals surface area (Å²) in [7, 11) is 0.